The van der Waals surface area contributed by atoms with Gasteiger partial charge in [-0.25, -0.2) is 4.90 Å². The zero-order chi connectivity index (χ0) is 13.7. The SMILES string of the molecule is C=CCN(C#N)c1nc(N(C)C)nc(N(C)C)n1. The summed E-state index contributed by atoms with van der Waals surface area (Å²) >= 11 is 0. The number of hydrogen-bond acceptors (Lipinski definition) is 7. The number of anilines is 3. The lowest BCUT2D eigenvalue weighted by Gasteiger charge is -2.18. The summed E-state index contributed by atoms with van der Waals surface area (Å²) < 4.78 is 0. The first-order chi connectivity index (χ1) is 8.49. The highest BCUT2D eigenvalue weighted by Crippen LogP contribution is 2.16. The molecule has 0 saturated heterocycles. The Morgan fingerprint density at radius 3 is 1.83 bits per heavy atom. The van der Waals surface area contributed by atoms with Crippen LogP contribution in [0.5, 0.6) is 0 Å². The second-order valence-electron chi connectivity index (χ2n) is 4.02. The van der Waals surface area contributed by atoms with E-state index in [9.17, 15) is 0 Å². The van der Waals surface area contributed by atoms with Crippen LogP contribution < -0.4 is 14.7 Å². The normalized spacial score (nSPS) is 9.50. The molecular weight excluding hydrogens is 230 g/mol. The van der Waals surface area contributed by atoms with E-state index in [1.807, 2.05) is 34.4 Å². The number of nitrogens with zero attached hydrogens (tertiary/aromatic N) is 7. The monoisotopic (exact) mass is 247 g/mol. The van der Waals surface area contributed by atoms with E-state index in [2.05, 4.69) is 21.5 Å². The van der Waals surface area contributed by atoms with Crippen molar-refractivity contribution in [1.29, 1.82) is 5.26 Å². The number of rotatable bonds is 5. The zero-order valence-electron chi connectivity index (χ0n) is 11.1. The number of nitriles is 1. The van der Waals surface area contributed by atoms with Crippen LogP contribution in [0.15, 0.2) is 12.7 Å². The first kappa shape index (κ1) is 13.7. The van der Waals surface area contributed by atoms with E-state index in [-0.39, 0.29) is 0 Å². The van der Waals surface area contributed by atoms with E-state index < -0.39 is 0 Å². The highest BCUT2D eigenvalue weighted by atomic mass is 15.4. The van der Waals surface area contributed by atoms with Gasteiger partial charge in [0.2, 0.25) is 17.8 Å². The highest BCUT2D eigenvalue weighted by molar-refractivity contribution is 5.47. The highest BCUT2D eigenvalue weighted by Gasteiger charge is 2.14. The molecule has 0 atom stereocenters. The molecule has 0 aliphatic carbocycles. The Balaban J connectivity index is 3.26. The summed E-state index contributed by atoms with van der Waals surface area (Å²) in [7, 11) is 7.34. The standard InChI is InChI=1S/C11H17N7/c1-6-7-18(8-12)11-14-9(16(2)3)13-10(15-11)17(4)5/h6H,1,7H2,2-5H3. The molecule has 0 fully saturated rings. The molecular formula is C11H17N7. The first-order valence-corrected chi connectivity index (χ1v) is 5.38. The van der Waals surface area contributed by atoms with Gasteiger partial charge in [0.05, 0.1) is 6.54 Å². The molecule has 7 nitrogen and oxygen atoms in total. The summed E-state index contributed by atoms with van der Waals surface area (Å²) in [4.78, 5) is 17.6. The van der Waals surface area contributed by atoms with Gasteiger partial charge in [0.25, 0.3) is 0 Å². The Kier molecular flexibility index (Phi) is 4.43. The first-order valence-electron chi connectivity index (χ1n) is 5.38. The van der Waals surface area contributed by atoms with Crippen LogP contribution in [0.25, 0.3) is 0 Å². The summed E-state index contributed by atoms with van der Waals surface area (Å²) in [5.41, 5.74) is 0. The molecule has 1 heterocycles. The smallest absolute Gasteiger partial charge is 0.245 e. The van der Waals surface area contributed by atoms with Gasteiger partial charge in [0.15, 0.2) is 6.19 Å². The number of aromatic nitrogens is 3. The van der Waals surface area contributed by atoms with Crippen LogP contribution in [0.2, 0.25) is 0 Å². The van der Waals surface area contributed by atoms with Gasteiger partial charge in [-0.2, -0.15) is 20.2 Å². The maximum absolute atomic E-state index is 9.07. The third kappa shape index (κ3) is 3.07. The minimum atomic E-state index is 0.319. The predicted octanol–water partition coefficient (Wildman–Crippen LogP) is 0.477. The Labute approximate surface area is 107 Å². The maximum Gasteiger partial charge on any atom is 0.245 e. The van der Waals surface area contributed by atoms with Crippen molar-refractivity contribution in [2.75, 3.05) is 49.4 Å². The topological polar surface area (TPSA) is 72.2 Å². The molecule has 96 valence electrons. The van der Waals surface area contributed by atoms with Crippen molar-refractivity contribution in [2.45, 2.75) is 0 Å². The summed E-state index contributed by atoms with van der Waals surface area (Å²) in [6.45, 7) is 3.97. The summed E-state index contributed by atoms with van der Waals surface area (Å²) in [5, 5.41) is 9.07. The molecule has 0 aliphatic rings. The van der Waals surface area contributed by atoms with E-state index in [0.29, 0.717) is 24.4 Å². The van der Waals surface area contributed by atoms with Crippen LogP contribution in [-0.4, -0.2) is 49.7 Å². The van der Waals surface area contributed by atoms with Crippen LogP contribution in [0.3, 0.4) is 0 Å². The lowest BCUT2D eigenvalue weighted by molar-refractivity contribution is 0.886. The van der Waals surface area contributed by atoms with E-state index >= 15 is 0 Å². The van der Waals surface area contributed by atoms with Crippen molar-refractivity contribution < 1.29 is 0 Å². The second-order valence-corrected chi connectivity index (χ2v) is 4.02. The molecule has 1 rings (SSSR count). The Morgan fingerprint density at radius 2 is 1.50 bits per heavy atom. The fourth-order valence-corrected chi connectivity index (χ4v) is 1.16. The molecule has 0 saturated carbocycles. The Hall–Kier alpha value is -2.36. The molecule has 0 amide bonds. The zero-order valence-corrected chi connectivity index (χ0v) is 11.1. The van der Waals surface area contributed by atoms with Crippen molar-refractivity contribution in [2.24, 2.45) is 0 Å². The Bertz CT molecular complexity index is 435. The molecule has 1 aromatic rings. The van der Waals surface area contributed by atoms with E-state index in [1.165, 1.54) is 4.90 Å². The van der Waals surface area contributed by atoms with Gasteiger partial charge in [-0.05, 0) is 0 Å². The quantitative estimate of drug-likeness (QED) is 0.425. The van der Waals surface area contributed by atoms with Crippen LogP contribution in [0.4, 0.5) is 17.8 Å². The molecule has 7 heteroatoms. The molecule has 0 N–H and O–H groups in total. The molecule has 0 bridgehead atoms. The largest absolute Gasteiger partial charge is 0.347 e. The third-order valence-electron chi connectivity index (χ3n) is 2.07. The van der Waals surface area contributed by atoms with Gasteiger partial charge >= 0.3 is 0 Å². The van der Waals surface area contributed by atoms with Gasteiger partial charge < -0.3 is 9.80 Å². The summed E-state index contributed by atoms with van der Waals surface area (Å²) in [5.74, 6) is 1.33. The lowest BCUT2D eigenvalue weighted by Crippen LogP contribution is -2.24. The van der Waals surface area contributed by atoms with Gasteiger partial charge in [0, 0.05) is 28.2 Å². The lowest BCUT2D eigenvalue weighted by atomic mass is 10.5. The minimum Gasteiger partial charge on any atom is -0.347 e. The van der Waals surface area contributed by atoms with Gasteiger partial charge in [-0.15, -0.1) is 6.58 Å². The molecule has 0 unspecified atom stereocenters. The van der Waals surface area contributed by atoms with Crippen LogP contribution in [0, 0.1) is 11.5 Å². The van der Waals surface area contributed by atoms with Crippen molar-refractivity contribution in [1.82, 2.24) is 15.0 Å². The molecule has 0 spiro atoms. The van der Waals surface area contributed by atoms with Crippen LogP contribution in [0.1, 0.15) is 0 Å². The van der Waals surface area contributed by atoms with Crippen molar-refractivity contribution in [3.8, 4) is 6.19 Å². The second kappa shape index (κ2) is 5.82. The summed E-state index contributed by atoms with van der Waals surface area (Å²) in [6.07, 6.45) is 3.65. The van der Waals surface area contributed by atoms with Crippen LogP contribution in [-0.2, 0) is 0 Å². The summed E-state index contributed by atoms with van der Waals surface area (Å²) in [6, 6.07) is 0. The molecule has 0 radical (unpaired) electrons. The van der Waals surface area contributed by atoms with Crippen LogP contribution >= 0.6 is 0 Å². The van der Waals surface area contributed by atoms with E-state index in [1.54, 1.807) is 15.9 Å². The molecule has 1 aromatic heterocycles. The molecule has 0 aliphatic heterocycles. The van der Waals surface area contributed by atoms with Gasteiger partial charge in [-0.1, -0.05) is 6.08 Å². The Morgan fingerprint density at radius 1 is 1.06 bits per heavy atom. The predicted molar refractivity (Wildman–Crippen MR) is 71.6 cm³/mol. The van der Waals surface area contributed by atoms with E-state index in [0.717, 1.165) is 0 Å². The van der Waals surface area contributed by atoms with E-state index in [4.69, 9.17) is 5.26 Å². The fraction of sp³-hybridized carbons (Fsp3) is 0.455. The third-order valence-corrected chi connectivity index (χ3v) is 2.07. The fourth-order valence-electron chi connectivity index (χ4n) is 1.16. The van der Waals surface area contributed by atoms with Gasteiger partial charge in [-0.3, -0.25) is 0 Å². The molecule has 0 aromatic carbocycles. The average Bonchev–Trinajstić information content (AvgIpc) is 2.35. The molecule has 18 heavy (non-hydrogen) atoms. The van der Waals surface area contributed by atoms with Crippen molar-refractivity contribution >= 4 is 17.8 Å². The van der Waals surface area contributed by atoms with Gasteiger partial charge in [0.1, 0.15) is 0 Å². The minimum absolute atomic E-state index is 0.319. The van der Waals surface area contributed by atoms with Crippen molar-refractivity contribution in [3.05, 3.63) is 12.7 Å². The van der Waals surface area contributed by atoms with Crippen molar-refractivity contribution in [3.63, 3.8) is 0 Å². The average molecular weight is 247 g/mol. The maximum atomic E-state index is 9.07. The number of hydrogen-bond donors (Lipinski definition) is 0.